The van der Waals surface area contributed by atoms with E-state index >= 15 is 0 Å². The van der Waals surface area contributed by atoms with Crippen molar-refractivity contribution in [2.75, 3.05) is 26.2 Å². The van der Waals surface area contributed by atoms with Crippen molar-refractivity contribution >= 4 is 21.8 Å². The van der Waals surface area contributed by atoms with Crippen LogP contribution in [0.15, 0.2) is 47.5 Å². The summed E-state index contributed by atoms with van der Waals surface area (Å²) in [5, 5.41) is 0. The standard InChI is InChI=1S/C21H26N4O4S/c26-20(16-7-2-1-3-8-16)25-12-6-9-17(15-25)23-30(28,29)18-13-19(22-14-18)21(27)24-10-4-5-11-24/h1-3,7-8,13-14,17,22-23H,4-6,9-12,15H2. The molecule has 0 aliphatic carbocycles. The highest BCUT2D eigenvalue weighted by molar-refractivity contribution is 7.89. The SMILES string of the molecule is O=C(c1ccccc1)N1CCCC(NS(=O)(=O)c2c[nH]c(C(=O)N3CCCC3)c2)C1. The molecule has 1 aromatic heterocycles. The van der Waals surface area contributed by atoms with Gasteiger partial charge in [0.25, 0.3) is 11.8 Å². The number of carbonyl (C=O) groups excluding carboxylic acids is 2. The largest absolute Gasteiger partial charge is 0.356 e. The minimum absolute atomic E-state index is 0.0385. The van der Waals surface area contributed by atoms with Gasteiger partial charge in [-0.15, -0.1) is 0 Å². The van der Waals surface area contributed by atoms with E-state index in [4.69, 9.17) is 0 Å². The van der Waals surface area contributed by atoms with Gasteiger partial charge in [0.05, 0.1) is 0 Å². The lowest BCUT2D eigenvalue weighted by Gasteiger charge is -2.33. The number of piperidine rings is 1. The van der Waals surface area contributed by atoms with Crippen LogP contribution < -0.4 is 4.72 Å². The Morgan fingerprint density at radius 2 is 1.67 bits per heavy atom. The maximum absolute atomic E-state index is 12.8. The summed E-state index contributed by atoms with van der Waals surface area (Å²) in [4.78, 5) is 31.4. The highest BCUT2D eigenvalue weighted by Crippen LogP contribution is 2.19. The molecule has 30 heavy (non-hydrogen) atoms. The van der Waals surface area contributed by atoms with Gasteiger partial charge >= 0.3 is 0 Å². The van der Waals surface area contributed by atoms with Crippen LogP contribution in [0.1, 0.15) is 46.5 Å². The Hall–Kier alpha value is -2.65. The van der Waals surface area contributed by atoms with Crippen LogP contribution in [0.4, 0.5) is 0 Å². The molecule has 1 unspecified atom stereocenters. The molecule has 2 N–H and O–H groups in total. The second-order valence-corrected chi connectivity index (χ2v) is 9.54. The first kappa shape index (κ1) is 20.6. The summed E-state index contributed by atoms with van der Waals surface area (Å²) in [5.41, 5.74) is 0.874. The number of H-pyrrole nitrogens is 1. The van der Waals surface area contributed by atoms with Gasteiger partial charge in [0, 0.05) is 44.0 Å². The Kier molecular flexibility index (Phi) is 5.92. The second kappa shape index (κ2) is 8.61. The van der Waals surface area contributed by atoms with Crippen LogP contribution in [-0.4, -0.2) is 67.2 Å². The highest BCUT2D eigenvalue weighted by atomic mass is 32.2. The molecule has 1 atom stereocenters. The fourth-order valence-corrected chi connectivity index (χ4v) is 5.31. The molecule has 0 radical (unpaired) electrons. The molecule has 2 amide bonds. The number of aromatic amines is 1. The van der Waals surface area contributed by atoms with Crippen molar-refractivity contribution in [2.45, 2.75) is 36.6 Å². The number of benzene rings is 1. The van der Waals surface area contributed by atoms with E-state index < -0.39 is 10.0 Å². The number of likely N-dealkylation sites (tertiary alicyclic amines) is 2. The van der Waals surface area contributed by atoms with Crippen LogP contribution in [0.2, 0.25) is 0 Å². The van der Waals surface area contributed by atoms with Gasteiger partial charge in [-0.05, 0) is 43.9 Å². The van der Waals surface area contributed by atoms with Gasteiger partial charge in [0.2, 0.25) is 10.0 Å². The molecule has 160 valence electrons. The van der Waals surface area contributed by atoms with E-state index in [0.29, 0.717) is 38.2 Å². The number of aromatic nitrogens is 1. The van der Waals surface area contributed by atoms with Crippen molar-refractivity contribution < 1.29 is 18.0 Å². The van der Waals surface area contributed by atoms with Gasteiger partial charge in [-0.25, -0.2) is 13.1 Å². The van der Waals surface area contributed by atoms with Crippen molar-refractivity contribution in [3.63, 3.8) is 0 Å². The smallest absolute Gasteiger partial charge is 0.270 e. The van der Waals surface area contributed by atoms with Gasteiger partial charge in [0.1, 0.15) is 10.6 Å². The zero-order valence-corrected chi connectivity index (χ0v) is 17.5. The number of nitrogens with zero attached hydrogens (tertiary/aromatic N) is 2. The molecule has 2 aliphatic rings. The van der Waals surface area contributed by atoms with E-state index in [1.807, 2.05) is 18.2 Å². The third-order valence-electron chi connectivity index (χ3n) is 5.64. The van der Waals surface area contributed by atoms with Gasteiger partial charge in [-0.2, -0.15) is 0 Å². The second-order valence-electron chi connectivity index (χ2n) is 7.83. The first-order valence-electron chi connectivity index (χ1n) is 10.3. The van der Waals surface area contributed by atoms with Gasteiger partial charge < -0.3 is 14.8 Å². The normalized spacial score (nSPS) is 19.8. The van der Waals surface area contributed by atoms with Gasteiger partial charge in [-0.3, -0.25) is 9.59 Å². The lowest BCUT2D eigenvalue weighted by molar-refractivity contribution is 0.0702. The highest BCUT2D eigenvalue weighted by Gasteiger charge is 2.29. The molecule has 8 nitrogen and oxygen atoms in total. The summed E-state index contributed by atoms with van der Waals surface area (Å²) in [6.07, 6.45) is 4.67. The minimum atomic E-state index is -3.80. The molecule has 2 saturated heterocycles. The zero-order chi connectivity index (χ0) is 21.1. The number of rotatable bonds is 5. The van der Waals surface area contributed by atoms with Gasteiger partial charge in [-0.1, -0.05) is 18.2 Å². The van der Waals surface area contributed by atoms with Crippen molar-refractivity contribution in [3.05, 3.63) is 53.9 Å². The van der Waals surface area contributed by atoms with Crippen LogP contribution >= 0.6 is 0 Å². The Morgan fingerprint density at radius 1 is 0.967 bits per heavy atom. The number of carbonyl (C=O) groups is 2. The summed E-state index contributed by atoms with van der Waals surface area (Å²) >= 11 is 0. The molecule has 0 spiro atoms. The summed E-state index contributed by atoms with van der Waals surface area (Å²) in [7, 11) is -3.80. The summed E-state index contributed by atoms with van der Waals surface area (Å²) in [6, 6.07) is 10.0. The van der Waals surface area contributed by atoms with Crippen LogP contribution in [-0.2, 0) is 10.0 Å². The Labute approximate surface area is 176 Å². The van der Waals surface area contributed by atoms with E-state index in [0.717, 1.165) is 19.3 Å². The number of hydrogen-bond acceptors (Lipinski definition) is 4. The van der Waals surface area contributed by atoms with Crippen molar-refractivity contribution in [1.82, 2.24) is 19.5 Å². The molecular formula is C21H26N4O4S. The zero-order valence-electron chi connectivity index (χ0n) is 16.7. The molecule has 4 rings (SSSR count). The first-order chi connectivity index (χ1) is 14.4. The third kappa shape index (κ3) is 4.41. The molecule has 1 aromatic carbocycles. The maximum atomic E-state index is 12.8. The van der Waals surface area contributed by atoms with Crippen LogP contribution in [0.3, 0.4) is 0 Å². The molecule has 2 fully saturated rings. The maximum Gasteiger partial charge on any atom is 0.270 e. The monoisotopic (exact) mass is 430 g/mol. The first-order valence-corrected chi connectivity index (χ1v) is 11.8. The average molecular weight is 431 g/mol. The predicted octanol–water partition coefficient (Wildman–Crippen LogP) is 1.83. The predicted molar refractivity (Wildman–Crippen MR) is 112 cm³/mol. The fourth-order valence-electron chi connectivity index (χ4n) is 4.05. The number of hydrogen-bond donors (Lipinski definition) is 2. The number of sulfonamides is 1. The summed E-state index contributed by atoms with van der Waals surface area (Å²) in [6.45, 7) is 2.32. The third-order valence-corrected chi connectivity index (χ3v) is 7.14. The molecule has 9 heteroatoms. The van der Waals surface area contributed by atoms with Crippen molar-refractivity contribution in [1.29, 1.82) is 0 Å². The summed E-state index contributed by atoms with van der Waals surface area (Å²) in [5.74, 6) is -0.272. The molecule has 2 aromatic rings. The topological polar surface area (TPSA) is 103 Å². The Balaban J connectivity index is 1.42. The molecule has 2 aliphatic heterocycles. The molecule has 0 saturated carbocycles. The van der Waals surface area contributed by atoms with E-state index in [1.54, 1.807) is 21.9 Å². The van der Waals surface area contributed by atoms with E-state index in [2.05, 4.69) is 9.71 Å². The Morgan fingerprint density at radius 3 is 2.40 bits per heavy atom. The summed E-state index contributed by atoms with van der Waals surface area (Å²) < 4.78 is 28.4. The Bertz CT molecular complexity index is 1010. The van der Waals surface area contributed by atoms with E-state index in [-0.39, 0.29) is 28.4 Å². The lowest BCUT2D eigenvalue weighted by atomic mass is 10.1. The fraction of sp³-hybridized carbons (Fsp3) is 0.429. The minimum Gasteiger partial charge on any atom is -0.356 e. The number of amides is 2. The molecule has 0 bridgehead atoms. The van der Waals surface area contributed by atoms with Crippen molar-refractivity contribution in [3.8, 4) is 0 Å². The average Bonchev–Trinajstić information content (AvgIpc) is 3.46. The lowest BCUT2D eigenvalue weighted by Crippen LogP contribution is -2.49. The molecule has 3 heterocycles. The van der Waals surface area contributed by atoms with E-state index in [1.165, 1.54) is 12.3 Å². The van der Waals surface area contributed by atoms with Crippen LogP contribution in [0.5, 0.6) is 0 Å². The van der Waals surface area contributed by atoms with Crippen LogP contribution in [0, 0.1) is 0 Å². The molecular weight excluding hydrogens is 404 g/mol. The van der Waals surface area contributed by atoms with Crippen molar-refractivity contribution in [2.24, 2.45) is 0 Å². The number of nitrogens with one attached hydrogen (secondary N) is 2. The van der Waals surface area contributed by atoms with Crippen LogP contribution in [0.25, 0.3) is 0 Å². The van der Waals surface area contributed by atoms with Gasteiger partial charge in [0.15, 0.2) is 0 Å². The van der Waals surface area contributed by atoms with E-state index in [9.17, 15) is 18.0 Å². The quantitative estimate of drug-likeness (QED) is 0.755.